The Balaban J connectivity index is 2.19. The van der Waals surface area contributed by atoms with Crippen LogP contribution in [-0.4, -0.2) is 29.1 Å². The number of rotatable bonds is 7. The fourth-order valence-electron chi connectivity index (χ4n) is 2.02. The third kappa shape index (κ3) is 3.79. The first-order valence-electron chi connectivity index (χ1n) is 6.77. The average molecular weight is 336 g/mol. The Morgan fingerprint density at radius 1 is 1.21 bits per heavy atom. The van der Waals surface area contributed by atoms with E-state index < -0.39 is 10.6 Å². The molecule has 10 nitrogen and oxygen atoms in total. The lowest BCUT2D eigenvalue weighted by atomic mass is 10.1. The number of anilines is 1. The van der Waals surface area contributed by atoms with Gasteiger partial charge in [-0.05, 0) is 6.07 Å². The summed E-state index contributed by atoms with van der Waals surface area (Å²) in [6.45, 7) is -0.0314. The second-order valence-electron chi connectivity index (χ2n) is 4.71. The number of aromatic nitrogens is 2. The van der Waals surface area contributed by atoms with Crippen molar-refractivity contribution in [3.05, 3.63) is 50.1 Å². The van der Waals surface area contributed by atoms with Crippen LogP contribution in [0.4, 0.5) is 11.5 Å². The van der Waals surface area contributed by atoms with Gasteiger partial charge in [-0.1, -0.05) is 0 Å². The molecule has 0 radical (unpaired) electrons. The monoisotopic (exact) mass is 336 g/mol. The van der Waals surface area contributed by atoms with Crippen molar-refractivity contribution in [1.82, 2.24) is 9.97 Å². The van der Waals surface area contributed by atoms with E-state index in [0.717, 1.165) is 0 Å². The Morgan fingerprint density at radius 2 is 1.83 bits per heavy atom. The van der Waals surface area contributed by atoms with E-state index in [1.165, 1.54) is 32.5 Å². The number of aromatic amines is 1. The van der Waals surface area contributed by atoms with Crippen LogP contribution in [0.5, 0.6) is 11.5 Å². The van der Waals surface area contributed by atoms with Gasteiger partial charge in [0.2, 0.25) is 0 Å². The van der Waals surface area contributed by atoms with E-state index in [-0.39, 0.29) is 30.5 Å². The van der Waals surface area contributed by atoms with Crippen LogP contribution in [0, 0.1) is 10.1 Å². The van der Waals surface area contributed by atoms with Gasteiger partial charge in [-0.2, -0.15) is 0 Å². The molecule has 0 atom stereocenters. The Bertz CT molecular complexity index is 804. The number of nitrogen functional groups attached to an aromatic ring is 1. The average Bonchev–Trinajstić information content (AvgIpc) is 2.56. The summed E-state index contributed by atoms with van der Waals surface area (Å²) in [5.41, 5.74) is 5.71. The lowest BCUT2D eigenvalue weighted by Gasteiger charge is -2.11. The van der Waals surface area contributed by atoms with Gasteiger partial charge >= 0.3 is 5.69 Å². The summed E-state index contributed by atoms with van der Waals surface area (Å²) in [7, 11) is 2.82. The number of hydrogen-bond acceptors (Lipinski definition) is 8. The zero-order valence-electron chi connectivity index (χ0n) is 13.1. The largest absolute Gasteiger partial charge is 0.493 e. The molecule has 0 aliphatic rings. The molecule has 0 saturated carbocycles. The second-order valence-corrected chi connectivity index (χ2v) is 4.71. The number of nitrogens with zero attached hydrogens (tertiary/aromatic N) is 2. The maximum absolute atomic E-state index is 11.2. The first-order valence-corrected chi connectivity index (χ1v) is 6.77. The molecule has 1 heterocycles. The van der Waals surface area contributed by atoms with Crippen molar-refractivity contribution >= 4 is 11.5 Å². The molecule has 2 aromatic rings. The minimum Gasteiger partial charge on any atom is -0.493 e. The van der Waals surface area contributed by atoms with E-state index in [9.17, 15) is 14.9 Å². The molecule has 0 aliphatic carbocycles. The van der Waals surface area contributed by atoms with Crippen LogP contribution in [-0.2, 0) is 18.0 Å². The van der Waals surface area contributed by atoms with Gasteiger partial charge in [0.15, 0.2) is 11.5 Å². The topological polar surface area (TPSA) is 143 Å². The SMILES string of the molecule is COc1cc(COCc2cnc(=O)[nH]c2N)c([N+](=O)[O-])cc1OC. The molecule has 0 fully saturated rings. The molecule has 24 heavy (non-hydrogen) atoms. The first-order chi connectivity index (χ1) is 11.5. The standard InChI is InChI=1S/C14H16N4O6/c1-22-11-3-8(10(18(20)21)4-12(11)23-2)6-24-7-9-5-16-14(19)17-13(9)15/h3-5H,6-7H2,1-2H3,(H3,15,16,17,19). The Kier molecular flexibility index (Phi) is 5.32. The number of H-pyrrole nitrogens is 1. The van der Waals surface area contributed by atoms with Crippen molar-refractivity contribution in [1.29, 1.82) is 0 Å². The molecule has 3 N–H and O–H groups in total. The smallest absolute Gasteiger partial charge is 0.346 e. The number of benzene rings is 1. The number of methoxy groups -OCH3 is 2. The van der Waals surface area contributed by atoms with Crippen molar-refractivity contribution in [2.45, 2.75) is 13.2 Å². The Morgan fingerprint density at radius 3 is 2.42 bits per heavy atom. The number of nitro benzene ring substituents is 1. The summed E-state index contributed by atoms with van der Waals surface area (Å²) >= 11 is 0. The molecule has 128 valence electrons. The number of nitrogens with two attached hydrogens (primary N) is 1. The molecule has 0 unspecified atom stereocenters. The Hall–Kier alpha value is -3.14. The van der Waals surface area contributed by atoms with Crippen molar-refractivity contribution in [2.75, 3.05) is 20.0 Å². The summed E-state index contributed by atoms with van der Waals surface area (Å²) < 4.78 is 15.6. The highest BCUT2D eigenvalue weighted by Gasteiger charge is 2.19. The third-order valence-electron chi connectivity index (χ3n) is 3.22. The molecule has 1 aromatic heterocycles. The van der Waals surface area contributed by atoms with Gasteiger partial charge in [-0.25, -0.2) is 9.78 Å². The van der Waals surface area contributed by atoms with E-state index >= 15 is 0 Å². The molecule has 1 aromatic carbocycles. The van der Waals surface area contributed by atoms with E-state index in [2.05, 4.69) is 9.97 Å². The number of nitrogens with one attached hydrogen (secondary N) is 1. The van der Waals surface area contributed by atoms with Gasteiger partial charge in [-0.15, -0.1) is 0 Å². The number of ether oxygens (including phenoxy) is 3. The van der Waals surface area contributed by atoms with Gasteiger partial charge in [0, 0.05) is 11.8 Å². The molecule has 0 aliphatic heterocycles. The maximum atomic E-state index is 11.2. The zero-order valence-corrected chi connectivity index (χ0v) is 13.1. The van der Waals surface area contributed by atoms with Crippen molar-refractivity contribution in [2.24, 2.45) is 0 Å². The number of nitro groups is 1. The van der Waals surface area contributed by atoms with E-state index in [4.69, 9.17) is 19.9 Å². The van der Waals surface area contributed by atoms with E-state index in [1.54, 1.807) is 0 Å². The van der Waals surface area contributed by atoms with Gasteiger partial charge in [0.05, 0.1) is 44.0 Å². The third-order valence-corrected chi connectivity index (χ3v) is 3.22. The lowest BCUT2D eigenvalue weighted by molar-refractivity contribution is -0.386. The van der Waals surface area contributed by atoms with Crippen molar-refractivity contribution < 1.29 is 19.1 Å². The molecule has 0 bridgehead atoms. The second kappa shape index (κ2) is 7.42. The van der Waals surface area contributed by atoms with Crippen LogP contribution < -0.4 is 20.9 Å². The summed E-state index contributed by atoms with van der Waals surface area (Å²) in [6, 6.07) is 2.75. The molecule has 0 amide bonds. The lowest BCUT2D eigenvalue weighted by Crippen LogP contribution is -2.14. The predicted octanol–water partition coefficient (Wildman–Crippen LogP) is 0.994. The molecule has 10 heteroatoms. The summed E-state index contributed by atoms with van der Waals surface area (Å²) in [4.78, 5) is 27.5. The van der Waals surface area contributed by atoms with Crippen molar-refractivity contribution in [3.63, 3.8) is 0 Å². The highest BCUT2D eigenvalue weighted by atomic mass is 16.6. The molecule has 2 rings (SSSR count). The normalized spacial score (nSPS) is 10.4. The van der Waals surface area contributed by atoms with Crippen LogP contribution in [0.1, 0.15) is 11.1 Å². The number of hydrogen-bond donors (Lipinski definition) is 2. The minimum atomic E-state index is -0.563. The van der Waals surface area contributed by atoms with Crippen LogP contribution in [0.3, 0.4) is 0 Å². The van der Waals surface area contributed by atoms with Gasteiger partial charge in [-0.3, -0.25) is 15.1 Å². The molecular formula is C14H16N4O6. The van der Waals surface area contributed by atoms with Gasteiger partial charge in [0.25, 0.3) is 5.69 Å². The van der Waals surface area contributed by atoms with Gasteiger partial charge in [0.1, 0.15) is 5.82 Å². The minimum absolute atomic E-state index is 0.0289. The van der Waals surface area contributed by atoms with Crippen LogP contribution in [0.2, 0.25) is 0 Å². The Labute approximate surface area is 136 Å². The highest BCUT2D eigenvalue weighted by Crippen LogP contribution is 2.34. The zero-order chi connectivity index (χ0) is 17.7. The van der Waals surface area contributed by atoms with Crippen molar-refractivity contribution in [3.8, 4) is 11.5 Å². The van der Waals surface area contributed by atoms with E-state index in [1.807, 2.05) is 0 Å². The van der Waals surface area contributed by atoms with E-state index in [0.29, 0.717) is 16.9 Å². The molecule has 0 spiro atoms. The van der Waals surface area contributed by atoms with Crippen LogP contribution in [0.15, 0.2) is 23.1 Å². The molecule has 0 saturated heterocycles. The fraction of sp³-hybridized carbons (Fsp3) is 0.286. The highest BCUT2D eigenvalue weighted by molar-refractivity contribution is 5.54. The summed E-state index contributed by atoms with van der Waals surface area (Å²) in [6.07, 6.45) is 1.29. The quantitative estimate of drug-likeness (QED) is 0.563. The van der Waals surface area contributed by atoms with Crippen LogP contribution >= 0.6 is 0 Å². The summed E-state index contributed by atoms with van der Waals surface area (Å²) in [5, 5.41) is 11.2. The van der Waals surface area contributed by atoms with Crippen LogP contribution in [0.25, 0.3) is 0 Å². The first kappa shape index (κ1) is 17.2. The molecular weight excluding hydrogens is 320 g/mol. The summed E-state index contributed by atoms with van der Waals surface area (Å²) in [5.74, 6) is 0.741. The maximum Gasteiger partial charge on any atom is 0.346 e. The van der Waals surface area contributed by atoms with Gasteiger partial charge < -0.3 is 19.9 Å². The predicted molar refractivity (Wildman–Crippen MR) is 84.0 cm³/mol. The fourth-order valence-corrected chi connectivity index (χ4v) is 2.02.